The minimum absolute atomic E-state index is 0.0489. The van der Waals surface area contributed by atoms with E-state index in [9.17, 15) is 0 Å². The molecule has 0 aliphatic carbocycles. The molecule has 0 saturated heterocycles. The van der Waals surface area contributed by atoms with Crippen LogP contribution < -0.4 is 5.73 Å². The number of aliphatic imine (C=N–C) groups is 1. The average molecular weight is 292 g/mol. The minimum atomic E-state index is -0.288. The molecule has 0 amide bonds. The lowest BCUT2D eigenvalue weighted by Gasteiger charge is -2.17. The number of nitrogen functional groups attached to an aromatic ring is 1. The molecule has 0 saturated carbocycles. The van der Waals surface area contributed by atoms with Crippen molar-refractivity contribution < 1.29 is 10.2 Å². The van der Waals surface area contributed by atoms with Crippen LogP contribution in [0.15, 0.2) is 35.3 Å². The van der Waals surface area contributed by atoms with E-state index < -0.39 is 0 Å². The fourth-order valence-electron chi connectivity index (χ4n) is 2.25. The van der Waals surface area contributed by atoms with Crippen LogP contribution in [0.1, 0.15) is 16.4 Å². The Hall–Kier alpha value is -1.43. The van der Waals surface area contributed by atoms with Crippen molar-refractivity contribution in [1.29, 1.82) is 0 Å². The van der Waals surface area contributed by atoms with E-state index in [1.807, 2.05) is 24.3 Å². The molecule has 20 heavy (non-hydrogen) atoms. The first-order valence-electron chi connectivity index (χ1n) is 6.53. The monoisotopic (exact) mass is 292 g/mol. The summed E-state index contributed by atoms with van der Waals surface area (Å²) in [5, 5.41) is 19.0. The molecule has 4 nitrogen and oxygen atoms in total. The second kappa shape index (κ2) is 6.83. The van der Waals surface area contributed by atoms with Gasteiger partial charge < -0.3 is 15.9 Å². The van der Waals surface area contributed by atoms with Gasteiger partial charge in [0, 0.05) is 12.3 Å². The van der Waals surface area contributed by atoms with E-state index in [1.54, 1.807) is 0 Å². The van der Waals surface area contributed by atoms with E-state index in [4.69, 9.17) is 15.9 Å². The Balaban J connectivity index is 2.28. The van der Waals surface area contributed by atoms with Crippen molar-refractivity contribution >= 4 is 27.1 Å². The number of benzene rings is 1. The van der Waals surface area contributed by atoms with Gasteiger partial charge in [-0.15, -0.1) is 10.5 Å². The van der Waals surface area contributed by atoms with Gasteiger partial charge in [0.1, 0.15) is 0 Å². The molecule has 2 rings (SSSR count). The number of aliphatic hydroxyl groups excluding tert-OH is 2. The van der Waals surface area contributed by atoms with Gasteiger partial charge in [0.15, 0.2) is 0 Å². The van der Waals surface area contributed by atoms with Crippen molar-refractivity contribution in [1.82, 2.24) is 0 Å². The Kier molecular flexibility index (Phi) is 5.11. The number of hydrogen-bond donors (Lipinski definition) is 3. The van der Waals surface area contributed by atoms with E-state index in [0.29, 0.717) is 13.0 Å². The van der Waals surface area contributed by atoms with Gasteiger partial charge in [-0.05, 0) is 23.6 Å². The summed E-state index contributed by atoms with van der Waals surface area (Å²) in [6.45, 7) is 0.548. The van der Waals surface area contributed by atoms with Crippen LogP contribution in [-0.4, -0.2) is 40.9 Å². The normalized spacial score (nSPS) is 23.6. The number of hydrogen-bond acceptors (Lipinski definition) is 4. The molecule has 0 fully saturated rings. The first-order valence-corrected chi connectivity index (χ1v) is 7.99. The number of nitrogens with zero attached hydrogens (tertiary/aromatic N) is 1. The van der Waals surface area contributed by atoms with Crippen molar-refractivity contribution in [2.75, 3.05) is 25.5 Å². The molecule has 1 aromatic carbocycles. The Morgan fingerprint density at radius 3 is 2.80 bits per heavy atom. The molecule has 2 unspecified atom stereocenters. The summed E-state index contributed by atoms with van der Waals surface area (Å²) in [6, 6.07) is 5.91. The first kappa shape index (κ1) is 15.0. The van der Waals surface area contributed by atoms with E-state index in [-0.39, 0.29) is 28.9 Å². The molecule has 5 heteroatoms. The SMILES string of the molecule is C=S1C(=NCCO)C=CC1c1cccc(CCO)c1N. The van der Waals surface area contributed by atoms with Gasteiger partial charge in [0.25, 0.3) is 0 Å². The molecule has 2 atom stereocenters. The summed E-state index contributed by atoms with van der Waals surface area (Å²) < 4.78 is 0. The third-order valence-electron chi connectivity index (χ3n) is 3.27. The first-order chi connectivity index (χ1) is 9.69. The molecule has 108 valence electrons. The fourth-order valence-corrected chi connectivity index (χ4v) is 3.81. The summed E-state index contributed by atoms with van der Waals surface area (Å²) in [5.41, 5.74) is 8.96. The summed E-state index contributed by atoms with van der Waals surface area (Å²) in [4.78, 5) is 4.34. The average Bonchev–Trinajstić information content (AvgIpc) is 2.80. The molecule has 0 aromatic heterocycles. The predicted molar refractivity (Wildman–Crippen MR) is 87.6 cm³/mol. The largest absolute Gasteiger partial charge is 0.398 e. The Morgan fingerprint density at radius 1 is 1.30 bits per heavy atom. The Morgan fingerprint density at radius 2 is 2.10 bits per heavy atom. The number of anilines is 1. The second-order valence-electron chi connectivity index (χ2n) is 4.55. The van der Waals surface area contributed by atoms with Crippen molar-refractivity contribution in [3.63, 3.8) is 0 Å². The van der Waals surface area contributed by atoms with Crippen LogP contribution in [0.2, 0.25) is 0 Å². The van der Waals surface area contributed by atoms with Crippen LogP contribution in [0.4, 0.5) is 5.69 Å². The standard InChI is InChI=1S/C15H20N2O2S/c1-20-13(5-6-14(20)17-8-10-19)12-4-2-3-11(7-9-18)15(12)16/h2-6,13,18-19H,1,7-10,16H2. The quantitative estimate of drug-likeness (QED) is 0.568. The lowest BCUT2D eigenvalue weighted by Crippen LogP contribution is -2.04. The Bertz CT molecular complexity index is 567. The van der Waals surface area contributed by atoms with E-state index in [2.05, 4.69) is 16.9 Å². The van der Waals surface area contributed by atoms with Gasteiger partial charge in [0.05, 0.1) is 23.4 Å². The van der Waals surface area contributed by atoms with Crippen molar-refractivity contribution in [2.45, 2.75) is 11.7 Å². The highest BCUT2D eigenvalue weighted by atomic mass is 32.2. The van der Waals surface area contributed by atoms with Gasteiger partial charge in [0.2, 0.25) is 0 Å². The maximum atomic E-state index is 9.07. The van der Waals surface area contributed by atoms with E-state index in [0.717, 1.165) is 21.9 Å². The molecule has 0 radical (unpaired) electrons. The second-order valence-corrected chi connectivity index (χ2v) is 6.33. The zero-order valence-electron chi connectivity index (χ0n) is 11.3. The van der Waals surface area contributed by atoms with Crippen LogP contribution in [-0.2, 0) is 6.42 Å². The van der Waals surface area contributed by atoms with Crippen molar-refractivity contribution in [3.05, 3.63) is 41.5 Å². The summed E-state index contributed by atoms with van der Waals surface area (Å²) in [7, 11) is -0.288. The van der Waals surface area contributed by atoms with Crippen molar-refractivity contribution in [3.8, 4) is 0 Å². The zero-order valence-corrected chi connectivity index (χ0v) is 12.1. The summed E-state index contributed by atoms with van der Waals surface area (Å²) in [5.74, 6) is 4.19. The topological polar surface area (TPSA) is 78.8 Å². The Labute approximate surface area is 121 Å². The third-order valence-corrected chi connectivity index (χ3v) is 5.10. The highest BCUT2D eigenvalue weighted by Gasteiger charge is 2.22. The van der Waals surface area contributed by atoms with Gasteiger partial charge in [-0.1, -0.05) is 30.1 Å². The summed E-state index contributed by atoms with van der Waals surface area (Å²) in [6.07, 6.45) is 4.60. The van der Waals surface area contributed by atoms with Crippen LogP contribution in [0.25, 0.3) is 0 Å². The van der Waals surface area contributed by atoms with Crippen molar-refractivity contribution in [2.24, 2.45) is 4.99 Å². The molecule has 0 bridgehead atoms. The number of rotatable bonds is 5. The molecule has 1 aliphatic rings. The fraction of sp³-hybridized carbons (Fsp3) is 0.333. The molecular weight excluding hydrogens is 272 g/mol. The minimum Gasteiger partial charge on any atom is -0.398 e. The van der Waals surface area contributed by atoms with Gasteiger partial charge in [-0.25, -0.2) is 0 Å². The third kappa shape index (κ3) is 3.00. The maximum Gasteiger partial charge on any atom is 0.0852 e. The number of aliphatic hydroxyl groups is 2. The van der Waals surface area contributed by atoms with Crippen LogP contribution in [0.5, 0.6) is 0 Å². The van der Waals surface area contributed by atoms with Gasteiger partial charge in [-0.3, -0.25) is 4.99 Å². The van der Waals surface area contributed by atoms with Gasteiger partial charge in [-0.2, -0.15) is 0 Å². The molecule has 0 spiro atoms. The van der Waals surface area contributed by atoms with Crippen LogP contribution in [0.3, 0.4) is 0 Å². The zero-order chi connectivity index (χ0) is 14.5. The number of para-hydroxylation sites is 1. The molecule has 1 aliphatic heterocycles. The van der Waals surface area contributed by atoms with E-state index in [1.165, 1.54) is 0 Å². The predicted octanol–water partition coefficient (Wildman–Crippen LogP) is 1.51. The molecule has 4 N–H and O–H groups in total. The maximum absolute atomic E-state index is 9.07. The highest BCUT2D eigenvalue weighted by molar-refractivity contribution is 8.28. The molecular formula is C15H20N2O2S. The highest BCUT2D eigenvalue weighted by Crippen LogP contribution is 2.44. The lowest BCUT2D eigenvalue weighted by molar-refractivity contribution is 0.300. The van der Waals surface area contributed by atoms with Crippen LogP contribution >= 0.6 is 10.5 Å². The summed E-state index contributed by atoms with van der Waals surface area (Å²) >= 11 is 0. The lowest BCUT2D eigenvalue weighted by atomic mass is 10.0. The smallest absolute Gasteiger partial charge is 0.0852 e. The van der Waals surface area contributed by atoms with Gasteiger partial charge >= 0.3 is 0 Å². The molecule has 1 heterocycles. The number of nitrogens with two attached hydrogens (primary N) is 1. The molecule has 1 aromatic rings. The van der Waals surface area contributed by atoms with Crippen LogP contribution in [0, 0.1) is 0 Å². The van der Waals surface area contributed by atoms with E-state index >= 15 is 0 Å².